The minimum Gasteiger partial charge on any atom is -0.495 e. The van der Waals surface area contributed by atoms with Crippen molar-refractivity contribution in [3.63, 3.8) is 0 Å². The molecular formula is C33H41ClN4O8. The van der Waals surface area contributed by atoms with E-state index in [1.54, 1.807) is 45.2 Å². The van der Waals surface area contributed by atoms with Gasteiger partial charge in [-0.05, 0) is 55.7 Å². The molecule has 5 rings (SSSR count). The Balaban J connectivity index is 1.42. The maximum atomic E-state index is 14.3. The summed E-state index contributed by atoms with van der Waals surface area (Å²) in [5.74, 6) is -2.03. The summed E-state index contributed by atoms with van der Waals surface area (Å²) in [6.07, 6.45) is 5.18. The van der Waals surface area contributed by atoms with Crippen molar-refractivity contribution >= 4 is 46.3 Å². The van der Waals surface area contributed by atoms with E-state index in [1.165, 1.54) is 18.1 Å². The van der Waals surface area contributed by atoms with Crippen molar-refractivity contribution < 1.29 is 38.5 Å². The van der Waals surface area contributed by atoms with Gasteiger partial charge < -0.3 is 34.9 Å². The predicted molar refractivity (Wildman–Crippen MR) is 170 cm³/mol. The van der Waals surface area contributed by atoms with Crippen LogP contribution in [0.2, 0.25) is 5.02 Å². The Kier molecular flexibility index (Phi) is 9.40. The van der Waals surface area contributed by atoms with Gasteiger partial charge in [0.05, 0.1) is 18.7 Å². The molecule has 0 radical (unpaired) electrons. The number of carbonyl (C=O) groups is 4. The summed E-state index contributed by atoms with van der Waals surface area (Å²) in [6.45, 7) is 9.09. The molecule has 2 heterocycles. The number of likely N-dealkylation sites (tertiary alicyclic amines) is 1. The first-order chi connectivity index (χ1) is 21.8. The topological polar surface area (TPSA) is 156 Å². The molecule has 248 valence electrons. The number of aliphatic carboxylic acids is 1. The molecule has 2 aromatic rings. The molecule has 1 saturated heterocycles. The molecule has 0 spiro atoms. The monoisotopic (exact) mass is 656 g/mol. The van der Waals surface area contributed by atoms with E-state index in [0.717, 1.165) is 25.7 Å². The van der Waals surface area contributed by atoms with Crippen molar-refractivity contribution in [3.05, 3.63) is 42.1 Å². The zero-order chi connectivity index (χ0) is 33.4. The van der Waals surface area contributed by atoms with Crippen molar-refractivity contribution in [3.8, 4) is 11.6 Å². The van der Waals surface area contributed by atoms with Gasteiger partial charge in [-0.1, -0.05) is 38.4 Å². The SMILES string of the molecule is C=C[C@@H]1C[C@]1(NC(=O)[C@@H]1C[C@@H](Oc2nccc3c(Cl)c(OC)ccc23)CN1C(=O)[C@@H](NC(=O)OC1CCCC1)C(C)(C)C)C(=O)O. The van der Waals surface area contributed by atoms with E-state index in [2.05, 4.69) is 22.2 Å². The number of carboxylic acids is 1. The molecule has 3 aliphatic rings. The summed E-state index contributed by atoms with van der Waals surface area (Å²) in [5, 5.41) is 17.0. The lowest BCUT2D eigenvalue weighted by Crippen LogP contribution is -2.59. The van der Waals surface area contributed by atoms with Crippen molar-refractivity contribution in [2.24, 2.45) is 11.3 Å². The van der Waals surface area contributed by atoms with Gasteiger partial charge in [-0.25, -0.2) is 14.6 Å². The molecule has 0 bridgehead atoms. The molecule has 2 aliphatic carbocycles. The lowest BCUT2D eigenvalue weighted by atomic mass is 9.85. The Morgan fingerprint density at radius 2 is 1.87 bits per heavy atom. The third-order valence-corrected chi connectivity index (χ3v) is 9.52. The van der Waals surface area contributed by atoms with Gasteiger partial charge in [0.15, 0.2) is 0 Å². The summed E-state index contributed by atoms with van der Waals surface area (Å²) in [5.41, 5.74) is -2.25. The third kappa shape index (κ3) is 6.58. The zero-order valence-electron chi connectivity index (χ0n) is 26.5. The van der Waals surface area contributed by atoms with Crippen LogP contribution in [-0.4, -0.2) is 82.4 Å². The van der Waals surface area contributed by atoms with Gasteiger partial charge in [-0.2, -0.15) is 0 Å². The van der Waals surface area contributed by atoms with Gasteiger partial charge in [-0.3, -0.25) is 9.59 Å². The number of hydrogen-bond donors (Lipinski definition) is 3. The first kappa shape index (κ1) is 33.3. The van der Waals surface area contributed by atoms with Crippen LogP contribution in [0.4, 0.5) is 4.79 Å². The van der Waals surface area contributed by atoms with Crippen LogP contribution >= 0.6 is 11.6 Å². The number of alkyl carbamates (subject to hydrolysis) is 1. The fourth-order valence-electron chi connectivity index (χ4n) is 6.40. The number of aromatic nitrogens is 1. The van der Waals surface area contributed by atoms with E-state index in [0.29, 0.717) is 21.5 Å². The van der Waals surface area contributed by atoms with Crippen LogP contribution in [0.5, 0.6) is 11.6 Å². The number of carboxylic acid groups (broad SMARTS) is 1. The van der Waals surface area contributed by atoms with Crippen molar-refractivity contribution in [1.82, 2.24) is 20.5 Å². The van der Waals surface area contributed by atoms with E-state index in [4.69, 9.17) is 25.8 Å². The minimum atomic E-state index is -1.49. The van der Waals surface area contributed by atoms with E-state index in [1.807, 2.05) is 0 Å². The van der Waals surface area contributed by atoms with Gasteiger partial charge in [0, 0.05) is 29.3 Å². The van der Waals surface area contributed by atoms with Crippen LogP contribution in [-0.2, 0) is 19.1 Å². The molecule has 1 aromatic heterocycles. The Hall–Kier alpha value is -4.06. The fourth-order valence-corrected chi connectivity index (χ4v) is 6.70. The second kappa shape index (κ2) is 13.0. The van der Waals surface area contributed by atoms with Crippen LogP contribution in [0.25, 0.3) is 10.8 Å². The highest BCUT2D eigenvalue weighted by atomic mass is 35.5. The molecule has 3 N–H and O–H groups in total. The standard InChI is InChI=1S/C33H41ClN4O8/c1-6-18-16-33(18,30(41)42)37-27(39)23-15-20(45-28-22-11-12-24(44-5)25(34)21(22)13-14-35-28)17-38(23)29(40)26(32(2,3)4)36-31(43)46-19-9-7-8-10-19/h6,11-14,18-20,23,26H,1,7-10,15-17H2,2-5H3,(H,36,43)(H,37,39)(H,41,42)/t18-,20-,23+,26-,33-/m1/s1. The molecule has 5 atom stereocenters. The Morgan fingerprint density at radius 1 is 1.15 bits per heavy atom. The minimum absolute atomic E-state index is 0.0181. The van der Waals surface area contributed by atoms with Crippen molar-refractivity contribution in [2.75, 3.05) is 13.7 Å². The molecule has 2 saturated carbocycles. The van der Waals surface area contributed by atoms with E-state index in [-0.39, 0.29) is 31.4 Å². The first-order valence-corrected chi connectivity index (χ1v) is 15.9. The highest BCUT2D eigenvalue weighted by molar-refractivity contribution is 6.37. The number of nitrogens with zero attached hydrogens (tertiary/aromatic N) is 2. The Morgan fingerprint density at radius 3 is 2.48 bits per heavy atom. The average molecular weight is 657 g/mol. The Bertz CT molecular complexity index is 1540. The third-order valence-electron chi connectivity index (χ3n) is 9.13. The summed E-state index contributed by atoms with van der Waals surface area (Å²) < 4.78 is 17.2. The summed E-state index contributed by atoms with van der Waals surface area (Å²) >= 11 is 6.54. The normalized spacial score (nSPS) is 25.1. The summed E-state index contributed by atoms with van der Waals surface area (Å²) in [4.78, 5) is 58.9. The number of pyridine rings is 1. The largest absolute Gasteiger partial charge is 0.495 e. The van der Waals surface area contributed by atoms with Gasteiger partial charge in [0.2, 0.25) is 17.7 Å². The molecule has 3 amide bonds. The lowest BCUT2D eigenvalue weighted by Gasteiger charge is -2.35. The number of carbonyl (C=O) groups excluding carboxylic acids is 3. The lowest BCUT2D eigenvalue weighted by molar-refractivity contribution is -0.146. The molecule has 46 heavy (non-hydrogen) atoms. The first-order valence-electron chi connectivity index (χ1n) is 15.5. The maximum absolute atomic E-state index is 14.3. The second-order valence-electron chi connectivity index (χ2n) is 13.3. The fraction of sp³-hybridized carbons (Fsp3) is 0.545. The summed E-state index contributed by atoms with van der Waals surface area (Å²) in [7, 11) is 1.52. The van der Waals surface area contributed by atoms with Crippen LogP contribution in [0.3, 0.4) is 0 Å². The molecule has 13 heteroatoms. The number of amides is 3. The van der Waals surface area contributed by atoms with Crippen molar-refractivity contribution in [2.45, 2.75) is 89.1 Å². The number of benzene rings is 1. The summed E-state index contributed by atoms with van der Waals surface area (Å²) in [6, 6.07) is 3.05. The molecule has 1 aliphatic heterocycles. The highest BCUT2D eigenvalue weighted by Gasteiger charge is 2.61. The van der Waals surface area contributed by atoms with Crippen LogP contribution in [0.1, 0.15) is 59.3 Å². The second-order valence-corrected chi connectivity index (χ2v) is 13.7. The molecule has 0 unspecified atom stereocenters. The molecular weight excluding hydrogens is 616 g/mol. The van der Waals surface area contributed by atoms with E-state index in [9.17, 15) is 24.3 Å². The van der Waals surface area contributed by atoms with Gasteiger partial charge in [0.25, 0.3) is 0 Å². The zero-order valence-corrected chi connectivity index (χ0v) is 27.3. The molecule has 1 aromatic carbocycles. The number of ether oxygens (including phenoxy) is 3. The van der Waals surface area contributed by atoms with E-state index >= 15 is 0 Å². The van der Waals surface area contributed by atoms with Gasteiger partial charge >= 0.3 is 12.1 Å². The smallest absolute Gasteiger partial charge is 0.408 e. The number of hydrogen-bond acceptors (Lipinski definition) is 8. The quantitative estimate of drug-likeness (QED) is 0.314. The molecule has 12 nitrogen and oxygen atoms in total. The van der Waals surface area contributed by atoms with Crippen LogP contribution < -0.4 is 20.1 Å². The Labute approximate surface area is 272 Å². The van der Waals surface area contributed by atoms with Crippen molar-refractivity contribution in [1.29, 1.82) is 0 Å². The van der Waals surface area contributed by atoms with Crippen LogP contribution in [0.15, 0.2) is 37.1 Å². The molecule has 3 fully saturated rings. The predicted octanol–water partition coefficient (Wildman–Crippen LogP) is 4.47. The highest BCUT2D eigenvalue weighted by Crippen LogP contribution is 2.45. The average Bonchev–Trinajstić information content (AvgIpc) is 3.28. The number of rotatable bonds is 10. The maximum Gasteiger partial charge on any atom is 0.408 e. The van der Waals surface area contributed by atoms with Crippen LogP contribution in [0, 0.1) is 11.3 Å². The number of methoxy groups -OCH3 is 1. The number of nitrogens with one attached hydrogen (secondary N) is 2. The van der Waals surface area contributed by atoms with E-state index < -0.39 is 58.9 Å². The van der Waals surface area contributed by atoms with Gasteiger partial charge in [-0.15, -0.1) is 6.58 Å². The van der Waals surface area contributed by atoms with Gasteiger partial charge in [0.1, 0.15) is 35.6 Å². The number of fused-ring (bicyclic) bond motifs is 1. The number of halogens is 1.